The Kier molecular flexibility index (Phi) is 6.02. The van der Waals surface area contributed by atoms with Gasteiger partial charge in [0.25, 0.3) is 5.91 Å². The number of ether oxygens (including phenoxy) is 1. The van der Waals surface area contributed by atoms with E-state index in [0.29, 0.717) is 32.0 Å². The van der Waals surface area contributed by atoms with Crippen molar-refractivity contribution in [3.05, 3.63) is 52.6 Å². The monoisotopic (exact) mass is 386 g/mol. The fourth-order valence-corrected chi connectivity index (χ4v) is 3.98. The van der Waals surface area contributed by atoms with Gasteiger partial charge in [0.15, 0.2) is 5.69 Å². The SMILES string of the molecule is O=C(NCCN1CCCCC1)c1nn(Cc2ccc(F)cc2)c2c1COCC2. The number of rotatable bonds is 6. The molecule has 0 atom stereocenters. The van der Waals surface area contributed by atoms with Crippen molar-refractivity contribution >= 4 is 5.91 Å². The molecule has 7 heteroatoms. The van der Waals surface area contributed by atoms with E-state index in [1.165, 1.54) is 31.4 Å². The molecule has 0 saturated carbocycles. The highest BCUT2D eigenvalue weighted by Gasteiger charge is 2.25. The molecule has 1 aromatic heterocycles. The van der Waals surface area contributed by atoms with Crippen LogP contribution in [0.4, 0.5) is 4.39 Å². The summed E-state index contributed by atoms with van der Waals surface area (Å²) >= 11 is 0. The molecule has 1 saturated heterocycles. The second-order valence-corrected chi connectivity index (χ2v) is 7.52. The number of hydrogen-bond donors (Lipinski definition) is 1. The zero-order valence-electron chi connectivity index (χ0n) is 16.1. The van der Waals surface area contributed by atoms with E-state index in [0.717, 1.165) is 42.9 Å². The van der Waals surface area contributed by atoms with Gasteiger partial charge in [0.1, 0.15) is 5.82 Å². The first-order valence-corrected chi connectivity index (χ1v) is 10.1. The number of carbonyl (C=O) groups excluding carboxylic acids is 1. The predicted octanol–water partition coefficient (Wildman–Crippen LogP) is 2.36. The third-order valence-electron chi connectivity index (χ3n) is 5.52. The summed E-state index contributed by atoms with van der Waals surface area (Å²) in [6.07, 6.45) is 4.52. The number of hydrogen-bond acceptors (Lipinski definition) is 4. The van der Waals surface area contributed by atoms with Crippen molar-refractivity contribution in [3.8, 4) is 0 Å². The van der Waals surface area contributed by atoms with E-state index >= 15 is 0 Å². The zero-order valence-corrected chi connectivity index (χ0v) is 16.1. The average molecular weight is 386 g/mol. The molecule has 0 aliphatic carbocycles. The first-order valence-electron chi connectivity index (χ1n) is 10.1. The van der Waals surface area contributed by atoms with Crippen molar-refractivity contribution < 1.29 is 13.9 Å². The molecule has 1 N–H and O–H groups in total. The molecule has 1 fully saturated rings. The smallest absolute Gasteiger partial charge is 0.272 e. The van der Waals surface area contributed by atoms with Crippen LogP contribution < -0.4 is 5.32 Å². The molecule has 0 unspecified atom stereocenters. The largest absolute Gasteiger partial charge is 0.376 e. The van der Waals surface area contributed by atoms with Crippen LogP contribution in [0.5, 0.6) is 0 Å². The number of nitrogens with zero attached hydrogens (tertiary/aromatic N) is 3. The van der Waals surface area contributed by atoms with Gasteiger partial charge in [-0.25, -0.2) is 4.39 Å². The van der Waals surface area contributed by atoms with Gasteiger partial charge in [-0.15, -0.1) is 0 Å². The molecular weight excluding hydrogens is 359 g/mol. The molecule has 0 radical (unpaired) electrons. The molecule has 4 rings (SSSR count). The molecule has 2 aliphatic heterocycles. The lowest BCUT2D eigenvalue weighted by atomic mass is 10.1. The highest BCUT2D eigenvalue weighted by molar-refractivity contribution is 5.94. The topological polar surface area (TPSA) is 59.4 Å². The summed E-state index contributed by atoms with van der Waals surface area (Å²) in [6.45, 7) is 5.28. The van der Waals surface area contributed by atoms with Crippen molar-refractivity contribution in [2.45, 2.75) is 38.8 Å². The molecule has 2 aliphatic rings. The van der Waals surface area contributed by atoms with Crippen LogP contribution in [0.1, 0.15) is 46.6 Å². The minimum Gasteiger partial charge on any atom is -0.376 e. The van der Waals surface area contributed by atoms with Gasteiger partial charge in [-0.05, 0) is 43.6 Å². The maximum absolute atomic E-state index is 13.2. The Labute approximate surface area is 164 Å². The van der Waals surface area contributed by atoms with E-state index in [4.69, 9.17) is 4.74 Å². The van der Waals surface area contributed by atoms with Gasteiger partial charge in [-0.3, -0.25) is 9.48 Å². The first kappa shape index (κ1) is 19.1. The molecular formula is C21H27FN4O2. The summed E-state index contributed by atoms with van der Waals surface area (Å²) in [5, 5.41) is 7.61. The molecule has 3 heterocycles. The lowest BCUT2D eigenvalue weighted by Crippen LogP contribution is -2.38. The van der Waals surface area contributed by atoms with Gasteiger partial charge in [-0.2, -0.15) is 5.10 Å². The van der Waals surface area contributed by atoms with Crippen LogP contribution in [0.3, 0.4) is 0 Å². The summed E-state index contributed by atoms with van der Waals surface area (Å²) in [4.78, 5) is 15.2. The van der Waals surface area contributed by atoms with Crippen LogP contribution in [0.15, 0.2) is 24.3 Å². The second-order valence-electron chi connectivity index (χ2n) is 7.52. The Morgan fingerprint density at radius 1 is 1.18 bits per heavy atom. The molecule has 2 aromatic rings. The third kappa shape index (κ3) is 4.42. The molecule has 1 aromatic carbocycles. The lowest BCUT2D eigenvalue weighted by molar-refractivity contribution is 0.0919. The van der Waals surface area contributed by atoms with Gasteiger partial charge in [0, 0.05) is 30.8 Å². The van der Waals surface area contributed by atoms with Crippen LogP contribution in [-0.4, -0.2) is 53.4 Å². The molecule has 28 heavy (non-hydrogen) atoms. The highest BCUT2D eigenvalue weighted by Crippen LogP contribution is 2.22. The molecule has 6 nitrogen and oxygen atoms in total. The number of halogens is 1. The minimum atomic E-state index is -0.256. The van der Waals surface area contributed by atoms with Gasteiger partial charge in [-0.1, -0.05) is 18.6 Å². The number of nitrogens with one attached hydrogen (secondary N) is 1. The van der Waals surface area contributed by atoms with Crippen molar-refractivity contribution in [2.24, 2.45) is 0 Å². The normalized spacial score (nSPS) is 17.3. The Balaban J connectivity index is 1.44. The van der Waals surface area contributed by atoms with Crippen LogP contribution in [-0.2, 0) is 24.3 Å². The fraction of sp³-hybridized carbons (Fsp3) is 0.524. The van der Waals surface area contributed by atoms with Crippen molar-refractivity contribution in [3.63, 3.8) is 0 Å². The Morgan fingerprint density at radius 3 is 2.75 bits per heavy atom. The van der Waals surface area contributed by atoms with Crippen LogP contribution in [0, 0.1) is 5.82 Å². The number of carbonyl (C=O) groups is 1. The maximum Gasteiger partial charge on any atom is 0.272 e. The minimum absolute atomic E-state index is 0.142. The Hall–Kier alpha value is -2.25. The number of fused-ring (bicyclic) bond motifs is 1. The van der Waals surface area contributed by atoms with Crippen LogP contribution in [0.25, 0.3) is 0 Å². The first-order chi connectivity index (χ1) is 13.7. The van der Waals surface area contributed by atoms with Gasteiger partial charge < -0.3 is 15.0 Å². The molecule has 0 bridgehead atoms. The van der Waals surface area contributed by atoms with E-state index in [1.807, 2.05) is 4.68 Å². The number of benzene rings is 1. The zero-order chi connectivity index (χ0) is 19.3. The summed E-state index contributed by atoms with van der Waals surface area (Å²) in [5.74, 6) is -0.398. The van der Waals surface area contributed by atoms with Crippen molar-refractivity contribution in [2.75, 3.05) is 32.8 Å². The number of piperidine rings is 1. The maximum atomic E-state index is 13.2. The summed E-state index contributed by atoms with van der Waals surface area (Å²) in [5.41, 5.74) is 3.33. The van der Waals surface area contributed by atoms with Crippen LogP contribution >= 0.6 is 0 Å². The standard InChI is InChI=1S/C21H27FN4O2/c22-17-6-4-16(5-7-17)14-26-19-8-13-28-15-18(19)20(24-26)21(27)23-9-12-25-10-2-1-3-11-25/h4-7H,1-3,8-15H2,(H,23,27). The van der Waals surface area contributed by atoms with Crippen LogP contribution in [0.2, 0.25) is 0 Å². The van der Waals surface area contributed by atoms with E-state index < -0.39 is 0 Å². The van der Waals surface area contributed by atoms with Gasteiger partial charge >= 0.3 is 0 Å². The summed E-state index contributed by atoms with van der Waals surface area (Å²) < 4.78 is 20.6. The summed E-state index contributed by atoms with van der Waals surface area (Å²) in [7, 11) is 0. The van der Waals surface area contributed by atoms with Gasteiger partial charge in [0.05, 0.1) is 19.8 Å². The molecule has 1 amide bonds. The number of aromatic nitrogens is 2. The fourth-order valence-electron chi connectivity index (χ4n) is 3.98. The van der Waals surface area contributed by atoms with E-state index in [1.54, 1.807) is 12.1 Å². The highest BCUT2D eigenvalue weighted by atomic mass is 19.1. The second kappa shape index (κ2) is 8.84. The molecule has 0 spiro atoms. The van der Waals surface area contributed by atoms with E-state index in [-0.39, 0.29) is 11.7 Å². The Morgan fingerprint density at radius 2 is 1.96 bits per heavy atom. The molecule has 150 valence electrons. The number of likely N-dealkylation sites (tertiary alicyclic amines) is 1. The quantitative estimate of drug-likeness (QED) is 0.828. The van der Waals surface area contributed by atoms with E-state index in [9.17, 15) is 9.18 Å². The van der Waals surface area contributed by atoms with Gasteiger partial charge in [0.2, 0.25) is 0 Å². The predicted molar refractivity (Wildman–Crippen MR) is 104 cm³/mol. The third-order valence-corrected chi connectivity index (χ3v) is 5.52. The van der Waals surface area contributed by atoms with Crippen molar-refractivity contribution in [1.82, 2.24) is 20.0 Å². The number of amides is 1. The Bertz CT molecular complexity index is 813. The van der Waals surface area contributed by atoms with E-state index in [2.05, 4.69) is 15.3 Å². The summed E-state index contributed by atoms with van der Waals surface area (Å²) in [6, 6.07) is 6.40. The lowest BCUT2D eigenvalue weighted by Gasteiger charge is -2.26. The van der Waals surface area contributed by atoms with Crippen molar-refractivity contribution in [1.29, 1.82) is 0 Å². The average Bonchev–Trinajstić information content (AvgIpc) is 3.09.